The van der Waals surface area contributed by atoms with Gasteiger partial charge in [0, 0.05) is 13.1 Å². The molecule has 2 heterocycles. The molecule has 2 amide bonds. The Labute approximate surface area is 130 Å². The molecule has 0 spiro atoms. The fourth-order valence-electron chi connectivity index (χ4n) is 2.55. The lowest BCUT2D eigenvalue weighted by atomic mass is 10.1. The number of amides is 2. The summed E-state index contributed by atoms with van der Waals surface area (Å²) < 4.78 is 24.6. The third-order valence-electron chi connectivity index (χ3n) is 3.49. The maximum atomic E-state index is 12.3. The maximum Gasteiger partial charge on any atom is 0.322 e. The highest BCUT2D eigenvalue weighted by Gasteiger charge is 2.32. The first-order valence-electron chi connectivity index (χ1n) is 7.19. The molecule has 0 radical (unpaired) electrons. The number of thiophene rings is 1. The maximum absolute atomic E-state index is 12.3. The van der Waals surface area contributed by atoms with Crippen molar-refractivity contribution in [1.82, 2.24) is 4.90 Å². The number of carbonyl (C=O) groups excluding carboxylic acids is 1. The normalized spacial score (nSPS) is 19.8. The van der Waals surface area contributed by atoms with Gasteiger partial charge in [-0.25, -0.2) is 13.2 Å². The van der Waals surface area contributed by atoms with Gasteiger partial charge in [0.15, 0.2) is 9.84 Å². The van der Waals surface area contributed by atoms with E-state index in [9.17, 15) is 13.2 Å². The Morgan fingerprint density at radius 1 is 1.52 bits per heavy atom. The van der Waals surface area contributed by atoms with E-state index in [0.717, 1.165) is 11.4 Å². The average molecular weight is 330 g/mol. The summed E-state index contributed by atoms with van der Waals surface area (Å²) in [5.41, 5.74) is 0. The molecule has 1 fully saturated rings. The van der Waals surface area contributed by atoms with Gasteiger partial charge in [-0.3, -0.25) is 5.32 Å². The average Bonchev–Trinajstić information content (AvgIpc) is 2.90. The van der Waals surface area contributed by atoms with Gasteiger partial charge in [-0.2, -0.15) is 0 Å². The number of anilines is 1. The molecule has 1 aromatic rings. The molecular formula is C14H22N2O3S2. The first kappa shape index (κ1) is 16.3. The van der Waals surface area contributed by atoms with Gasteiger partial charge in [0.05, 0.1) is 16.0 Å². The van der Waals surface area contributed by atoms with Gasteiger partial charge >= 0.3 is 6.03 Å². The highest BCUT2D eigenvalue weighted by molar-refractivity contribution is 7.92. The molecule has 21 heavy (non-hydrogen) atoms. The molecule has 0 saturated carbocycles. The number of hydrogen-bond donors (Lipinski definition) is 1. The van der Waals surface area contributed by atoms with E-state index in [4.69, 9.17) is 0 Å². The Morgan fingerprint density at radius 2 is 2.29 bits per heavy atom. The highest BCUT2D eigenvalue weighted by atomic mass is 32.2. The van der Waals surface area contributed by atoms with Crippen LogP contribution in [0.2, 0.25) is 0 Å². The summed E-state index contributed by atoms with van der Waals surface area (Å²) in [5.74, 6) is 0.309. The topological polar surface area (TPSA) is 66.5 Å². The third kappa shape index (κ3) is 4.44. The number of sulfone groups is 1. The minimum absolute atomic E-state index is 0.116. The molecule has 118 valence electrons. The summed E-state index contributed by atoms with van der Waals surface area (Å²) in [7, 11) is -3.13. The molecule has 1 aromatic heterocycles. The van der Waals surface area contributed by atoms with E-state index in [0.29, 0.717) is 19.5 Å². The Morgan fingerprint density at radius 3 is 2.90 bits per heavy atom. The second-order valence-electron chi connectivity index (χ2n) is 5.84. The Balaban J connectivity index is 1.98. The molecule has 1 aliphatic heterocycles. The Kier molecular flexibility index (Phi) is 5.27. The standard InChI is InChI=1S/C14H22N2O3S2/c1-11(2)10-21(18,19)12-5-3-7-16(9-12)14(17)15-13-6-4-8-20-13/h4,6,8,11-12H,3,5,7,9-10H2,1-2H3,(H,15,17). The van der Waals surface area contributed by atoms with Crippen molar-refractivity contribution in [3.8, 4) is 0 Å². The summed E-state index contributed by atoms with van der Waals surface area (Å²) in [6.45, 7) is 4.72. The number of carbonyl (C=O) groups is 1. The minimum atomic E-state index is -3.13. The van der Waals surface area contributed by atoms with Gasteiger partial charge < -0.3 is 4.90 Å². The predicted octanol–water partition coefficient (Wildman–Crippen LogP) is 2.82. The van der Waals surface area contributed by atoms with Gasteiger partial charge in [-0.05, 0) is 36.3 Å². The number of nitrogens with zero attached hydrogens (tertiary/aromatic N) is 1. The Bertz CT molecular complexity index is 567. The van der Waals surface area contributed by atoms with E-state index >= 15 is 0 Å². The number of hydrogen-bond acceptors (Lipinski definition) is 4. The highest BCUT2D eigenvalue weighted by Crippen LogP contribution is 2.21. The first-order chi connectivity index (χ1) is 9.88. The van der Waals surface area contributed by atoms with Crippen LogP contribution in [0, 0.1) is 5.92 Å². The van der Waals surface area contributed by atoms with E-state index in [-0.39, 0.29) is 17.7 Å². The van der Waals surface area contributed by atoms with Crippen molar-refractivity contribution in [1.29, 1.82) is 0 Å². The molecule has 1 aliphatic rings. The molecule has 5 nitrogen and oxygen atoms in total. The van der Waals surface area contributed by atoms with Gasteiger partial charge in [0.25, 0.3) is 0 Å². The van der Waals surface area contributed by atoms with Crippen molar-refractivity contribution in [3.63, 3.8) is 0 Å². The summed E-state index contributed by atoms with van der Waals surface area (Å²) in [6.07, 6.45) is 1.39. The van der Waals surface area contributed by atoms with Crippen LogP contribution in [0.5, 0.6) is 0 Å². The first-order valence-corrected chi connectivity index (χ1v) is 9.79. The van der Waals surface area contributed by atoms with Gasteiger partial charge in [-0.1, -0.05) is 13.8 Å². The van der Waals surface area contributed by atoms with Crippen molar-refractivity contribution in [2.45, 2.75) is 31.9 Å². The second-order valence-corrected chi connectivity index (χ2v) is 9.11. The number of piperidine rings is 1. The number of rotatable bonds is 4. The fraction of sp³-hybridized carbons (Fsp3) is 0.643. The number of nitrogens with one attached hydrogen (secondary N) is 1. The number of likely N-dealkylation sites (tertiary alicyclic amines) is 1. The fourth-order valence-corrected chi connectivity index (χ4v) is 5.29. The van der Waals surface area contributed by atoms with Crippen LogP contribution >= 0.6 is 11.3 Å². The zero-order chi connectivity index (χ0) is 15.5. The van der Waals surface area contributed by atoms with Crippen LogP contribution in [0.3, 0.4) is 0 Å². The lowest BCUT2D eigenvalue weighted by Crippen LogP contribution is -2.47. The zero-order valence-corrected chi connectivity index (χ0v) is 14.0. The molecule has 1 unspecified atom stereocenters. The van der Waals surface area contributed by atoms with Gasteiger partial charge in [0.1, 0.15) is 0 Å². The van der Waals surface area contributed by atoms with Crippen LogP contribution in [-0.4, -0.2) is 43.4 Å². The third-order valence-corrected chi connectivity index (χ3v) is 6.81. The van der Waals surface area contributed by atoms with Crippen molar-refractivity contribution in [2.24, 2.45) is 5.92 Å². The van der Waals surface area contributed by atoms with E-state index in [1.54, 1.807) is 4.90 Å². The van der Waals surface area contributed by atoms with Crippen LogP contribution in [0.25, 0.3) is 0 Å². The van der Waals surface area contributed by atoms with E-state index in [2.05, 4.69) is 5.32 Å². The van der Waals surface area contributed by atoms with Gasteiger partial charge in [0.2, 0.25) is 0 Å². The quantitative estimate of drug-likeness (QED) is 0.923. The molecule has 1 atom stereocenters. The van der Waals surface area contributed by atoms with Gasteiger partial charge in [-0.15, -0.1) is 11.3 Å². The molecule has 1 N–H and O–H groups in total. The smallest absolute Gasteiger partial charge is 0.322 e. The monoisotopic (exact) mass is 330 g/mol. The summed E-state index contributed by atoms with van der Waals surface area (Å²) in [6, 6.07) is 3.49. The van der Waals surface area contributed by atoms with E-state index in [1.165, 1.54) is 11.3 Å². The minimum Gasteiger partial charge on any atom is -0.323 e. The summed E-state index contributed by atoms with van der Waals surface area (Å²) in [4.78, 5) is 13.8. The molecule has 0 aliphatic carbocycles. The van der Waals surface area contributed by atoms with E-state index < -0.39 is 15.1 Å². The lowest BCUT2D eigenvalue weighted by molar-refractivity contribution is 0.200. The zero-order valence-electron chi connectivity index (χ0n) is 12.4. The molecule has 0 aromatic carbocycles. The van der Waals surface area contributed by atoms with Crippen molar-refractivity contribution < 1.29 is 13.2 Å². The SMILES string of the molecule is CC(C)CS(=O)(=O)C1CCCN(C(=O)Nc2cccs2)C1. The number of urea groups is 1. The largest absolute Gasteiger partial charge is 0.323 e. The summed E-state index contributed by atoms with van der Waals surface area (Å²) >= 11 is 1.45. The van der Waals surface area contributed by atoms with Crippen LogP contribution in [0.15, 0.2) is 17.5 Å². The lowest BCUT2D eigenvalue weighted by Gasteiger charge is -2.32. The van der Waals surface area contributed by atoms with Crippen LogP contribution < -0.4 is 5.32 Å². The van der Waals surface area contributed by atoms with Crippen molar-refractivity contribution >= 4 is 32.2 Å². The molecule has 1 saturated heterocycles. The van der Waals surface area contributed by atoms with E-state index in [1.807, 2.05) is 31.4 Å². The van der Waals surface area contributed by atoms with Crippen molar-refractivity contribution in [3.05, 3.63) is 17.5 Å². The molecule has 2 rings (SSSR count). The van der Waals surface area contributed by atoms with Crippen LogP contribution in [0.1, 0.15) is 26.7 Å². The molecule has 7 heteroatoms. The Hall–Kier alpha value is -1.08. The summed E-state index contributed by atoms with van der Waals surface area (Å²) in [5, 5.41) is 5.06. The van der Waals surface area contributed by atoms with Crippen molar-refractivity contribution in [2.75, 3.05) is 24.2 Å². The molecular weight excluding hydrogens is 308 g/mol. The second kappa shape index (κ2) is 6.79. The van der Waals surface area contributed by atoms with Crippen LogP contribution in [0.4, 0.5) is 9.80 Å². The molecule has 0 bridgehead atoms. The predicted molar refractivity (Wildman–Crippen MR) is 86.6 cm³/mol. The van der Waals surface area contributed by atoms with Crippen LogP contribution in [-0.2, 0) is 9.84 Å².